The van der Waals surface area contributed by atoms with Crippen LogP contribution >= 0.6 is 0 Å². The van der Waals surface area contributed by atoms with Gasteiger partial charge in [0.1, 0.15) is 16.7 Å². The van der Waals surface area contributed by atoms with E-state index in [2.05, 4.69) is 140 Å². The fourth-order valence-electron chi connectivity index (χ4n) is 7.38. The van der Waals surface area contributed by atoms with Crippen LogP contribution in [0.25, 0.3) is 98.3 Å². The number of fused-ring (bicyclic) bond motifs is 9. The largest absolute Gasteiger partial charge is 0.464 e. The van der Waals surface area contributed by atoms with Crippen LogP contribution < -0.4 is 0 Å². The normalized spacial score (nSPS) is 12.1. The number of hydrogen-bond donors (Lipinski definition) is 0. The molecule has 2 nitrogen and oxygen atoms in total. The predicted octanol–water partition coefficient (Wildman–Crippen LogP) is 12.3. The summed E-state index contributed by atoms with van der Waals surface area (Å²) >= 11 is 0. The van der Waals surface area contributed by atoms with Crippen molar-refractivity contribution in [3.05, 3.63) is 146 Å². The summed E-state index contributed by atoms with van der Waals surface area (Å²) in [5.74, 6) is 0. The Morgan fingerprint density at radius 1 is 0.364 bits per heavy atom. The van der Waals surface area contributed by atoms with Crippen molar-refractivity contribution < 1.29 is 8.83 Å². The second kappa shape index (κ2) is 8.82. The maximum Gasteiger partial charge on any atom is 0.143 e. The third-order valence-electron chi connectivity index (χ3n) is 9.30. The SMILES string of the molecule is c1ccc2cc3c(-c4c5ccccc5c(-c5cccc6oc7c8ccccc8ccc7c56)c5ccccc45)coc3cc2c1. The van der Waals surface area contributed by atoms with Gasteiger partial charge in [-0.1, -0.05) is 115 Å². The van der Waals surface area contributed by atoms with Gasteiger partial charge < -0.3 is 8.83 Å². The van der Waals surface area contributed by atoms with Gasteiger partial charge in [-0.25, -0.2) is 0 Å². The molecule has 8 aromatic carbocycles. The molecule has 0 amide bonds. The van der Waals surface area contributed by atoms with Crippen LogP contribution in [0.4, 0.5) is 0 Å². The van der Waals surface area contributed by atoms with Crippen LogP contribution in [0.15, 0.2) is 155 Å². The highest BCUT2D eigenvalue weighted by atomic mass is 16.3. The summed E-state index contributed by atoms with van der Waals surface area (Å²) in [6.07, 6.45) is 1.94. The second-order valence-corrected chi connectivity index (χ2v) is 11.6. The van der Waals surface area contributed by atoms with E-state index in [1.54, 1.807) is 0 Å². The van der Waals surface area contributed by atoms with Crippen molar-refractivity contribution in [1.29, 1.82) is 0 Å². The molecule has 0 saturated carbocycles. The summed E-state index contributed by atoms with van der Waals surface area (Å²) in [5.41, 5.74) is 7.45. The van der Waals surface area contributed by atoms with Gasteiger partial charge in [0.2, 0.25) is 0 Å². The molecule has 0 unspecified atom stereocenters. The fourth-order valence-corrected chi connectivity index (χ4v) is 7.38. The molecule has 0 saturated heterocycles. The van der Waals surface area contributed by atoms with E-state index in [9.17, 15) is 0 Å². The van der Waals surface area contributed by atoms with E-state index < -0.39 is 0 Å². The van der Waals surface area contributed by atoms with Crippen LogP contribution in [-0.2, 0) is 0 Å². The quantitative estimate of drug-likeness (QED) is 0.197. The third kappa shape index (κ3) is 3.20. The molecule has 0 aliphatic heterocycles. The molecule has 0 fully saturated rings. The van der Waals surface area contributed by atoms with Crippen LogP contribution in [0, 0.1) is 0 Å². The molecule has 0 aliphatic carbocycles. The zero-order chi connectivity index (χ0) is 28.8. The van der Waals surface area contributed by atoms with Gasteiger partial charge in [-0.2, -0.15) is 0 Å². The van der Waals surface area contributed by atoms with Gasteiger partial charge >= 0.3 is 0 Å². The van der Waals surface area contributed by atoms with Crippen LogP contribution in [0.2, 0.25) is 0 Å². The zero-order valence-electron chi connectivity index (χ0n) is 23.7. The first kappa shape index (κ1) is 23.7. The molecule has 44 heavy (non-hydrogen) atoms. The van der Waals surface area contributed by atoms with Crippen molar-refractivity contribution in [2.75, 3.05) is 0 Å². The number of furan rings is 2. The van der Waals surface area contributed by atoms with Gasteiger partial charge in [-0.3, -0.25) is 0 Å². The predicted molar refractivity (Wildman–Crippen MR) is 184 cm³/mol. The summed E-state index contributed by atoms with van der Waals surface area (Å²) in [6.45, 7) is 0. The van der Waals surface area contributed by atoms with Gasteiger partial charge in [0.15, 0.2) is 0 Å². The molecule has 2 heteroatoms. The van der Waals surface area contributed by atoms with Crippen molar-refractivity contribution in [3.63, 3.8) is 0 Å². The standard InChI is InChI=1S/C42H24O2/c1-2-12-27-23-38-35(22-26(27)11-1)36(24-43-38)40-31-16-7-5-14-29(31)39(30-15-6-8-17-32(30)40)33-18-9-19-37-41(33)34-21-20-25-10-3-4-13-28(25)42(34)44-37/h1-24H. The second-order valence-electron chi connectivity index (χ2n) is 11.6. The lowest BCUT2D eigenvalue weighted by molar-refractivity contribution is 0.617. The molecule has 0 atom stereocenters. The molecule has 0 radical (unpaired) electrons. The molecule has 10 aromatic rings. The molecule has 0 bridgehead atoms. The minimum atomic E-state index is 0.901. The van der Waals surface area contributed by atoms with Crippen molar-refractivity contribution in [2.24, 2.45) is 0 Å². The van der Waals surface area contributed by atoms with Crippen LogP contribution in [0.1, 0.15) is 0 Å². The van der Waals surface area contributed by atoms with Gasteiger partial charge in [-0.15, -0.1) is 0 Å². The smallest absolute Gasteiger partial charge is 0.143 e. The molecule has 0 N–H and O–H groups in total. The highest BCUT2D eigenvalue weighted by Gasteiger charge is 2.22. The average molecular weight is 561 g/mol. The van der Waals surface area contributed by atoms with Crippen molar-refractivity contribution in [2.45, 2.75) is 0 Å². The lowest BCUT2D eigenvalue weighted by Gasteiger charge is -2.17. The highest BCUT2D eigenvalue weighted by Crippen LogP contribution is 2.48. The first-order valence-corrected chi connectivity index (χ1v) is 15.0. The Labute approximate surface area is 252 Å². The van der Waals surface area contributed by atoms with Gasteiger partial charge in [0, 0.05) is 32.7 Å². The first-order valence-electron chi connectivity index (χ1n) is 15.0. The van der Waals surface area contributed by atoms with E-state index in [1.807, 2.05) is 6.26 Å². The van der Waals surface area contributed by atoms with E-state index in [-0.39, 0.29) is 0 Å². The van der Waals surface area contributed by atoms with E-state index in [1.165, 1.54) is 54.4 Å². The van der Waals surface area contributed by atoms with Gasteiger partial charge in [0.25, 0.3) is 0 Å². The van der Waals surface area contributed by atoms with Crippen LogP contribution in [-0.4, -0.2) is 0 Å². The fraction of sp³-hybridized carbons (Fsp3) is 0. The summed E-state index contributed by atoms with van der Waals surface area (Å²) in [4.78, 5) is 0. The van der Waals surface area contributed by atoms with Crippen molar-refractivity contribution in [1.82, 2.24) is 0 Å². The Kier molecular flexibility index (Phi) is 4.75. The Hall–Kier alpha value is -5.86. The Morgan fingerprint density at radius 2 is 0.955 bits per heavy atom. The number of rotatable bonds is 2. The molecule has 0 aliphatic rings. The van der Waals surface area contributed by atoms with Crippen LogP contribution in [0.5, 0.6) is 0 Å². The van der Waals surface area contributed by atoms with E-state index in [0.29, 0.717) is 0 Å². The van der Waals surface area contributed by atoms with Crippen LogP contribution in [0.3, 0.4) is 0 Å². The lowest BCUT2D eigenvalue weighted by atomic mass is 9.84. The van der Waals surface area contributed by atoms with E-state index in [0.717, 1.165) is 43.9 Å². The highest BCUT2D eigenvalue weighted by molar-refractivity contribution is 6.28. The summed E-state index contributed by atoms with van der Waals surface area (Å²) < 4.78 is 12.8. The van der Waals surface area contributed by atoms with Gasteiger partial charge in [0.05, 0.1) is 6.26 Å². The third-order valence-corrected chi connectivity index (χ3v) is 9.30. The molecular formula is C42H24O2. The number of benzene rings is 8. The Morgan fingerprint density at radius 3 is 1.66 bits per heavy atom. The minimum absolute atomic E-state index is 0.901. The Balaban J connectivity index is 1.35. The summed E-state index contributed by atoms with van der Waals surface area (Å²) in [7, 11) is 0. The maximum absolute atomic E-state index is 6.61. The first-order chi connectivity index (χ1) is 21.8. The van der Waals surface area contributed by atoms with Crippen molar-refractivity contribution in [3.8, 4) is 22.3 Å². The van der Waals surface area contributed by atoms with E-state index >= 15 is 0 Å². The maximum atomic E-state index is 6.61. The topological polar surface area (TPSA) is 26.3 Å². The van der Waals surface area contributed by atoms with Crippen molar-refractivity contribution >= 4 is 76.0 Å². The molecule has 2 heterocycles. The molecule has 0 spiro atoms. The molecular weight excluding hydrogens is 536 g/mol. The van der Waals surface area contributed by atoms with Gasteiger partial charge in [-0.05, 0) is 73.1 Å². The van der Waals surface area contributed by atoms with E-state index in [4.69, 9.17) is 8.83 Å². The summed E-state index contributed by atoms with van der Waals surface area (Å²) in [5, 5.41) is 12.9. The summed E-state index contributed by atoms with van der Waals surface area (Å²) in [6, 6.07) is 49.8. The Bertz CT molecular complexity index is 2720. The number of hydrogen-bond acceptors (Lipinski definition) is 2. The monoisotopic (exact) mass is 560 g/mol. The average Bonchev–Trinajstić information content (AvgIpc) is 3.67. The zero-order valence-corrected chi connectivity index (χ0v) is 23.7. The molecule has 204 valence electrons. The lowest BCUT2D eigenvalue weighted by Crippen LogP contribution is -1.91. The minimum Gasteiger partial charge on any atom is -0.464 e. The molecule has 2 aromatic heterocycles. The molecule has 10 rings (SSSR count).